The molecule has 0 aliphatic carbocycles. The van der Waals surface area contributed by atoms with Crippen LogP contribution in [0.1, 0.15) is 43.9 Å². The number of anilines is 1. The molecular formula is C28H32N6O8. The van der Waals surface area contributed by atoms with E-state index in [9.17, 15) is 24.0 Å². The largest absolute Gasteiger partial charge is 0.481 e. The second-order valence-corrected chi connectivity index (χ2v) is 10.2. The first kappa shape index (κ1) is 30.0. The van der Waals surface area contributed by atoms with E-state index in [1.807, 2.05) is 0 Å². The third-order valence-electron chi connectivity index (χ3n) is 6.96. The Labute approximate surface area is 239 Å². The number of carbonyl (C=O) groups is 5. The zero-order valence-electron chi connectivity index (χ0n) is 23.1. The van der Waals surface area contributed by atoms with E-state index in [-0.39, 0.29) is 24.7 Å². The van der Waals surface area contributed by atoms with Crippen molar-refractivity contribution in [2.75, 3.05) is 11.9 Å². The number of hydrogen-bond donors (Lipinski definition) is 5. The zero-order valence-corrected chi connectivity index (χ0v) is 23.1. The summed E-state index contributed by atoms with van der Waals surface area (Å²) in [7, 11) is 0. The minimum Gasteiger partial charge on any atom is -0.481 e. The third-order valence-corrected chi connectivity index (χ3v) is 6.96. The topological polar surface area (TPSA) is 204 Å². The Morgan fingerprint density at radius 3 is 2.60 bits per heavy atom. The number of aliphatic carboxylic acids is 1. The highest BCUT2D eigenvalue weighted by molar-refractivity contribution is 6.00. The van der Waals surface area contributed by atoms with Gasteiger partial charge in [-0.1, -0.05) is 0 Å². The molecular weight excluding hydrogens is 548 g/mol. The van der Waals surface area contributed by atoms with Crippen molar-refractivity contribution in [1.82, 2.24) is 25.5 Å². The number of benzene rings is 1. The van der Waals surface area contributed by atoms with Gasteiger partial charge in [0.2, 0.25) is 23.6 Å². The number of amides is 4. The number of hydrogen-bond acceptors (Lipinski definition) is 8. The van der Waals surface area contributed by atoms with Crippen molar-refractivity contribution in [3.63, 3.8) is 0 Å². The van der Waals surface area contributed by atoms with Crippen molar-refractivity contribution in [3.05, 3.63) is 58.5 Å². The number of aromatic amines is 1. The predicted octanol–water partition coefficient (Wildman–Crippen LogP) is 0.851. The molecule has 42 heavy (non-hydrogen) atoms. The van der Waals surface area contributed by atoms with Crippen molar-refractivity contribution >= 4 is 46.3 Å². The molecule has 14 heteroatoms. The number of fused-ring (bicyclic) bond motifs is 1. The van der Waals surface area contributed by atoms with Crippen molar-refractivity contribution < 1.29 is 33.5 Å². The van der Waals surface area contributed by atoms with E-state index in [0.717, 1.165) is 17.9 Å². The molecule has 2 aromatic heterocycles. The third kappa shape index (κ3) is 7.38. The number of aryl methyl sites for hydroxylation is 1. The number of H-pyrrole nitrogens is 1. The highest BCUT2D eigenvalue weighted by atomic mass is 16.4. The van der Waals surface area contributed by atoms with Crippen molar-refractivity contribution in [3.8, 4) is 0 Å². The minimum atomic E-state index is -0.952. The van der Waals surface area contributed by atoms with Crippen LogP contribution in [0.5, 0.6) is 0 Å². The molecule has 5 N–H and O–H groups in total. The van der Waals surface area contributed by atoms with Crippen LogP contribution < -0.4 is 21.6 Å². The molecule has 1 aromatic carbocycles. The Kier molecular flexibility index (Phi) is 9.35. The Hall–Kier alpha value is -5.01. The van der Waals surface area contributed by atoms with Gasteiger partial charge in [0.15, 0.2) is 0 Å². The average molecular weight is 581 g/mol. The summed E-state index contributed by atoms with van der Waals surface area (Å²) >= 11 is 0. The van der Waals surface area contributed by atoms with E-state index in [1.165, 1.54) is 17.3 Å². The molecule has 2 saturated heterocycles. The van der Waals surface area contributed by atoms with Gasteiger partial charge in [0.1, 0.15) is 23.7 Å². The van der Waals surface area contributed by atoms with Crippen molar-refractivity contribution in [2.45, 2.75) is 64.1 Å². The van der Waals surface area contributed by atoms with E-state index in [0.29, 0.717) is 42.8 Å². The molecule has 3 atom stereocenters. The molecule has 2 aliphatic heterocycles. The smallest absolute Gasteiger partial charge is 0.336 e. The molecule has 4 heterocycles. The molecule has 2 aliphatic rings. The lowest BCUT2D eigenvalue weighted by Crippen LogP contribution is -2.55. The quantitative estimate of drug-likeness (QED) is 0.251. The van der Waals surface area contributed by atoms with E-state index < -0.39 is 41.5 Å². The van der Waals surface area contributed by atoms with Gasteiger partial charge in [-0.2, -0.15) is 0 Å². The first-order valence-corrected chi connectivity index (χ1v) is 13.4. The first-order chi connectivity index (χ1) is 20.0. The van der Waals surface area contributed by atoms with Crippen LogP contribution in [-0.4, -0.2) is 74.2 Å². The number of likely N-dealkylation sites (tertiary alicyclic amines) is 1. The van der Waals surface area contributed by atoms with Crippen LogP contribution in [0.4, 0.5) is 5.69 Å². The van der Waals surface area contributed by atoms with Crippen LogP contribution >= 0.6 is 0 Å². The highest BCUT2D eigenvalue weighted by Gasteiger charge is 2.39. The molecule has 5 rings (SSSR count). The molecule has 4 amide bonds. The van der Waals surface area contributed by atoms with Gasteiger partial charge in [-0.3, -0.25) is 24.0 Å². The van der Waals surface area contributed by atoms with Gasteiger partial charge in [-0.25, -0.2) is 9.78 Å². The normalized spacial score (nSPS) is 18.5. The number of imidazole rings is 1. The summed E-state index contributed by atoms with van der Waals surface area (Å²) < 4.78 is 5.27. The van der Waals surface area contributed by atoms with Crippen LogP contribution in [0.15, 0.2) is 46.0 Å². The molecule has 14 nitrogen and oxygen atoms in total. The number of aromatic nitrogens is 2. The van der Waals surface area contributed by atoms with E-state index in [4.69, 9.17) is 14.3 Å². The van der Waals surface area contributed by atoms with Crippen LogP contribution in [0.3, 0.4) is 0 Å². The fourth-order valence-corrected chi connectivity index (χ4v) is 5.03. The van der Waals surface area contributed by atoms with Crippen LogP contribution in [0.25, 0.3) is 11.0 Å². The Balaban J connectivity index is 0.000000952. The van der Waals surface area contributed by atoms with Gasteiger partial charge in [-0.05, 0) is 43.9 Å². The molecule has 3 aromatic rings. The van der Waals surface area contributed by atoms with Gasteiger partial charge in [0.25, 0.3) is 5.97 Å². The molecule has 0 saturated carbocycles. The maximum atomic E-state index is 13.7. The fourth-order valence-electron chi connectivity index (χ4n) is 5.03. The summed E-state index contributed by atoms with van der Waals surface area (Å²) in [5, 5.41) is 16.4. The summed E-state index contributed by atoms with van der Waals surface area (Å²) in [5.74, 6) is -2.25. The molecule has 0 bridgehead atoms. The summed E-state index contributed by atoms with van der Waals surface area (Å²) in [5.41, 5.74) is 1.73. The molecule has 2 fully saturated rings. The second-order valence-electron chi connectivity index (χ2n) is 10.2. The van der Waals surface area contributed by atoms with E-state index >= 15 is 0 Å². The number of nitrogens with zero attached hydrogens (tertiary/aromatic N) is 2. The summed E-state index contributed by atoms with van der Waals surface area (Å²) in [6.45, 7) is 3.25. The van der Waals surface area contributed by atoms with Gasteiger partial charge in [-0.15, -0.1) is 0 Å². The maximum Gasteiger partial charge on any atom is 0.336 e. The number of carboxylic acid groups (broad SMARTS) is 1. The fraction of sp³-hybridized carbons (Fsp3) is 0.393. The first-order valence-electron chi connectivity index (χ1n) is 13.4. The predicted molar refractivity (Wildman–Crippen MR) is 149 cm³/mol. The molecule has 0 radical (unpaired) electrons. The monoisotopic (exact) mass is 580 g/mol. The molecule has 222 valence electrons. The van der Waals surface area contributed by atoms with Crippen molar-refractivity contribution in [1.29, 1.82) is 0 Å². The average Bonchev–Trinajstić information content (AvgIpc) is 3.69. The summed E-state index contributed by atoms with van der Waals surface area (Å²) in [6, 6.07) is 4.07. The standard InChI is InChI=1S/C26H28N6O6.C2H4O2/c1-14-9-23(34)38-21-11-15(4-5-17(14)21)29-25(36)20-3-2-8-32(20)26(37)19(10-16-12-27-13-28-16)31-24(35)18-6-7-22(33)30-18;1-2(3)4/h4-5,9,11-13,18-20H,2-3,6-8,10H2,1H3,(H,27,28)(H,29,36)(H,30,33)(H,31,35);1H3,(H,3,4)/t18-,19-,20-;/m0./s1. The zero-order chi connectivity index (χ0) is 30.4. The molecule has 0 unspecified atom stereocenters. The van der Waals surface area contributed by atoms with Crippen LogP contribution in [-0.2, 0) is 30.4 Å². The Morgan fingerprint density at radius 1 is 1.17 bits per heavy atom. The lowest BCUT2D eigenvalue weighted by molar-refractivity contribution is -0.140. The van der Waals surface area contributed by atoms with Crippen LogP contribution in [0, 0.1) is 6.92 Å². The highest BCUT2D eigenvalue weighted by Crippen LogP contribution is 2.24. The Morgan fingerprint density at radius 2 is 1.93 bits per heavy atom. The van der Waals surface area contributed by atoms with Gasteiger partial charge in [0, 0.05) is 61.4 Å². The minimum absolute atomic E-state index is 0.152. The lowest BCUT2D eigenvalue weighted by Gasteiger charge is -2.29. The lowest BCUT2D eigenvalue weighted by atomic mass is 10.1. The van der Waals surface area contributed by atoms with Gasteiger partial charge >= 0.3 is 5.63 Å². The maximum absolute atomic E-state index is 13.7. The van der Waals surface area contributed by atoms with Gasteiger partial charge in [0.05, 0.1) is 6.33 Å². The number of carboxylic acids is 1. The molecule has 0 spiro atoms. The number of carbonyl (C=O) groups excluding carboxylic acids is 4. The van der Waals surface area contributed by atoms with E-state index in [2.05, 4.69) is 25.9 Å². The van der Waals surface area contributed by atoms with E-state index in [1.54, 1.807) is 31.3 Å². The number of nitrogens with one attached hydrogen (secondary N) is 4. The summed E-state index contributed by atoms with van der Waals surface area (Å²) in [4.78, 5) is 80.5. The SMILES string of the molecule is CC(=O)O.Cc1cc(=O)oc2cc(NC(=O)[C@@H]3CCCN3C(=O)[C@H](Cc3cnc[nH]3)NC(=O)[C@@H]3CCC(=O)N3)ccc12. The van der Waals surface area contributed by atoms with Crippen LogP contribution in [0.2, 0.25) is 0 Å². The van der Waals surface area contributed by atoms with Gasteiger partial charge < -0.3 is 35.4 Å². The Bertz CT molecular complexity index is 1550. The second kappa shape index (κ2) is 13.1. The van der Waals surface area contributed by atoms with Crippen molar-refractivity contribution in [2.24, 2.45) is 0 Å². The summed E-state index contributed by atoms with van der Waals surface area (Å²) in [6.07, 6.45) is 4.90. The number of rotatable bonds is 7.